The number of hydrogen-bond donors (Lipinski definition) is 2. The molecule has 0 bridgehead atoms. The Morgan fingerprint density at radius 2 is 1.78 bits per heavy atom. The Kier molecular flexibility index (Phi) is 4.48. The molecule has 0 saturated carbocycles. The number of carbonyl (C=O) groups excluding carboxylic acids is 1. The lowest BCUT2D eigenvalue weighted by Crippen LogP contribution is -2.37. The van der Waals surface area contributed by atoms with E-state index in [1.165, 1.54) is 7.11 Å². The Labute approximate surface area is 108 Å². The second kappa shape index (κ2) is 5.50. The molecule has 0 aliphatic rings. The van der Waals surface area contributed by atoms with Gasteiger partial charge in [-0.2, -0.15) is 0 Å². The van der Waals surface area contributed by atoms with Gasteiger partial charge in [-0.25, -0.2) is 0 Å². The van der Waals surface area contributed by atoms with Crippen molar-refractivity contribution in [2.24, 2.45) is 5.73 Å². The highest BCUT2D eigenvalue weighted by Gasteiger charge is 2.25. The quantitative estimate of drug-likeness (QED) is 0.799. The predicted molar refractivity (Wildman–Crippen MR) is 70.1 cm³/mol. The molecule has 4 nitrogen and oxygen atoms in total. The highest BCUT2D eigenvalue weighted by molar-refractivity contribution is 5.76. The van der Waals surface area contributed by atoms with E-state index in [2.05, 4.69) is 25.5 Å². The largest absolute Gasteiger partial charge is 0.468 e. The van der Waals surface area contributed by atoms with Crippen LogP contribution in [0.25, 0.3) is 0 Å². The SMILES string of the molecule is COC(=O)[C@H](N)[C@H](O)c1ccc(C(C)(C)C)cc1. The molecule has 18 heavy (non-hydrogen) atoms. The fourth-order valence-electron chi connectivity index (χ4n) is 1.65. The number of aliphatic hydroxyl groups is 1. The predicted octanol–water partition coefficient (Wildman–Crippen LogP) is 1.52. The summed E-state index contributed by atoms with van der Waals surface area (Å²) in [6.07, 6.45) is -1.05. The van der Waals surface area contributed by atoms with Crippen molar-refractivity contribution in [2.45, 2.75) is 38.3 Å². The van der Waals surface area contributed by atoms with Crippen LogP contribution in [-0.4, -0.2) is 24.2 Å². The number of nitrogens with two attached hydrogens (primary N) is 1. The lowest BCUT2D eigenvalue weighted by Gasteiger charge is -2.21. The third-order valence-corrected chi connectivity index (χ3v) is 2.93. The second-order valence-corrected chi connectivity index (χ2v) is 5.37. The van der Waals surface area contributed by atoms with Crippen molar-refractivity contribution in [1.29, 1.82) is 0 Å². The van der Waals surface area contributed by atoms with Gasteiger partial charge in [0.25, 0.3) is 0 Å². The van der Waals surface area contributed by atoms with Gasteiger partial charge in [-0.1, -0.05) is 45.0 Å². The zero-order valence-electron chi connectivity index (χ0n) is 11.3. The number of methoxy groups -OCH3 is 1. The maximum atomic E-state index is 11.2. The number of benzene rings is 1. The first-order valence-corrected chi connectivity index (χ1v) is 5.89. The summed E-state index contributed by atoms with van der Waals surface area (Å²) in [6.45, 7) is 6.33. The van der Waals surface area contributed by atoms with Crippen molar-refractivity contribution in [2.75, 3.05) is 7.11 Å². The molecule has 1 aromatic rings. The number of ether oxygens (including phenoxy) is 1. The Hall–Kier alpha value is -1.39. The van der Waals surface area contributed by atoms with Crippen LogP contribution in [-0.2, 0) is 14.9 Å². The Balaban J connectivity index is 2.89. The molecule has 1 rings (SSSR count). The number of rotatable bonds is 3. The van der Waals surface area contributed by atoms with Crippen LogP contribution in [0, 0.1) is 0 Å². The summed E-state index contributed by atoms with van der Waals surface area (Å²) < 4.78 is 4.51. The van der Waals surface area contributed by atoms with Crippen molar-refractivity contribution in [1.82, 2.24) is 0 Å². The van der Waals surface area contributed by atoms with Crippen LogP contribution in [0.4, 0.5) is 0 Å². The molecule has 0 amide bonds. The molecular weight excluding hydrogens is 230 g/mol. The van der Waals surface area contributed by atoms with E-state index in [1.807, 2.05) is 12.1 Å². The van der Waals surface area contributed by atoms with Crippen molar-refractivity contribution in [3.05, 3.63) is 35.4 Å². The zero-order valence-corrected chi connectivity index (χ0v) is 11.3. The average Bonchev–Trinajstić information content (AvgIpc) is 2.35. The van der Waals surface area contributed by atoms with Crippen molar-refractivity contribution < 1.29 is 14.6 Å². The van der Waals surface area contributed by atoms with E-state index in [1.54, 1.807) is 12.1 Å². The van der Waals surface area contributed by atoms with Crippen molar-refractivity contribution in [3.63, 3.8) is 0 Å². The lowest BCUT2D eigenvalue weighted by molar-refractivity contribution is -0.145. The van der Waals surface area contributed by atoms with E-state index in [-0.39, 0.29) is 5.41 Å². The molecule has 0 aliphatic heterocycles. The van der Waals surface area contributed by atoms with Gasteiger partial charge in [0.2, 0.25) is 0 Å². The van der Waals surface area contributed by atoms with Crippen LogP contribution in [0.3, 0.4) is 0 Å². The number of carbonyl (C=O) groups is 1. The van der Waals surface area contributed by atoms with Gasteiger partial charge in [0.05, 0.1) is 7.11 Å². The van der Waals surface area contributed by atoms with Gasteiger partial charge in [-0.15, -0.1) is 0 Å². The number of aliphatic hydroxyl groups excluding tert-OH is 1. The molecule has 0 radical (unpaired) electrons. The van der Waals surface area contributed by atoms with Crippen LogP contribution in [0.2, 0.25) is 0 Å². The van der Waals surface area contributed by atoms with Crippen molar-refractivity contribution >= 4 is 5.97 Å². The second-order valence-electron chi connectivity index (χ2n) is 5.37. The molecule has 3 N–H and O–H groups in total. The average molecular weight is 251 g/mol. The highest BCUT2D eigenvalue weighted by Crippen LogP contribution is 2.24. The standard InChI is InChI=1S/C14H21NO3/c1-14(2,3)10-7-5-9(6-8-10)12(16)11(15)13(17)18-4/h5-8,11-12,16H,15H2,1-4H3/t11-,12-/m1/s1. The molecule has 100 valence electrons. The van der Waals surface area contributed by atoms with E-state index in [0.717, 1.165) is 5.56 Å². The first kappa shape index (κ1) is 14.7. The summed E-state index contributed by atoms with van der Waals surface area (Å²) in [6, 6.07) is 6.38. The van der Waals surface area contributed by atoms with Gasteiger partial charge in [-0.05, 0) is 16.5 Å². The molecule has 4 heteroatoms. The van der Waals surface area contributed by atoms with Crippen LogP contribution in [0.1, 0.15) is 38.0 Å². The molecule has 1 aromatic carbocycles. The van der Waals surface area contributed by atoms with E-state index in [9.17, 15) is 9.90 Å². The minimum absolute atomic E-state index is 0.0496. The van der Waals surface area contributed by atoms with Crippen LogP contribution in [0.5, 0.6) is 0 Å². The minimum Gasteiger partial charge on any atom is -0.468 e. The fraction of sp³-hybridized carbons (Fsp3) is 0.500. The van der Waals surface area contributed by atoms with Gasteiger partial charge < -0.3 is 15.6 Å². The maximum absolute atomic E-state index is 11.2. The van der Waals surface area contributed by atoms with Gasteiger partial charge >= 0.3 is 5.97 Å². The molecule has 0 heterocycles. The first-order valence-electron chi connectivity index (χ1n) is 5.89. The normalized spacial score (nSPS) is 15.0. The highest BCUT2D eigenvalue weighted by atomic mass is 16.5. The molecule has 2 atom stereocenters. The summed E-state index contributed by atoms with van der Waals surface area (Å²) in [4.78, 5) is 11.2. The van der Waals surface area contributed by atoms with Crippen LogP contribution >= 0.6 is 0 Å². The van der Waals surface area contributed by atoms with E-state index in [0.29, 0.717) is 5.56 Å². The Morgan fingerprint density at radius 1 is 1.28 bits per heavy atom. The van der Waals surface area contributed by atoms with E-state index in [4.69, 9.17) is 5.73 Å². The van der Waals surface area contributed by atoms with Crippen LogP contribution < -0.4 is 5.73 Å². The monoisotopic (exact) mass is 251 g/mol. The molecule has 0 saturated heterocycles. The summed E-state index contributed by atoms with van der Waals surface area (Å²) in [5, 5.41) is 9.96. The number of esters is 1. The molecule has 0 aromatic heterocycles. The molecule has 0 fully saturated rings. The van der Waals surface area contributed by atoms with Gasteiger partial charge in [0, 0.05) is 0 Å². The first-order chi connectivity index (χ1) is 8.27. The van der Waals surface area contributed by atoms with E-state index < -0.39 is 18.1 Å². The van der Waals surface area contributed by atoms with Gasteiger partial charge in [0.15, 0.2) is 0 Å². The van der Waals surface area contributed by atoms with Gasteiger partial charge in [0.1, 0.15) is 12.1 Å². The Bertz CT molecular complexity index is 406. The minimum atomic E-state index is -1.06. The van der Waals surface area contributed by atoms with E-state index >= 15 is 0 Å². The smallest absolute Gasteiger partial charge is 0.325 e. The topological polar surface area (TPSA) is 72.5 Å². The fourth-order valence-corrected chi connectivity index (χ4v) is 1.65. The summed E-state index contributed by atoms with van der Waals surface area (Å²) in [7, 11) is 1.25. The van der Waals surface area contributed by atoms with Gasteiger partial charge in [-0.3, -0.25) is 4.79 Å². The molecule has 0 aliphatic carbocycles. The summed E-state index contributed by atoms with van der Waals surface area (Å²) >= 11 is 0. The van der Waals surface area contributed by atoms with Crippen molar-refractivity contribution in [3.8, 4) is 0 Å². The zero-order chi connectivity index (χ0) is 13.9. The lowest BCUT2D eigenvalue weighted by atomic mass is 9.86. The van der Waals surface area contributed by atoms with Crippen LogP contribution in [0.15, 0.2) is 24.3 Å². The third kappa shape index (κ3) is 3.31. The summed E-state index contributed by atoms with van der Waals surface area (Å²) in [5.74, 6) is -0.623. The molecule has 0 spiro atoms. The summed E-state index contributed by atoms with van der Waals surface area (Å²) in [5.41, 5.74) is 7.42. The maximum Gasteiger partial charge on any atom is 0.325 e. The third-order valence-electron chi connectivity index (χ3n) is 2.93. The Morgan fingerprint density at radius 3 is 2.17 bits per heavy atom. The molecule has 0 unspecified atom stereocenters. The molecular formula is C14H21NO3. The number of hydrogen-bond acceptors (Lipinski definition) is 4.